The van der Waals surface area contributed by atoms with Gasteiger partial charge in [0.25, 0.3) is 5.69 Å². The zero-order valence-electron chi connectivity index (χ0n) is 16.3. The van der Waals surface area contributed by atoms with Crippen molar-refractivity contribution in [2.75, 3.05) is 5.32 Å². The monoisotopic (exact) mass is 403 g/mol. The number of amides is 1. The first kappa shape index (κ1) is 19.5. The van der Waals surface area contributed by atoms with E-state index in [0.717, 1.165) is 43.0 Å². The lowest BCUT2D eigenvalue weighted by atomic mass is 10.1. The number of nitro groups is 1. The molecule has 1 aliphatic heterocycles. The highest BCUT2D eigenvalue weighted by molar-refractivity contribution is 6.02. The van der Waals surface area contributed by atoms with Crippen LogP contribution in [0.15, 0.2) is 54.6 Å². The van der Waals surface area contributed by atoms with Crippen LogP contribution in [0.4, 0.5) is 11.4 Å². The maximum atomic E-state index is 12.2. The van der Waals surface area contributed by atoms with Crippen molar-refractivity contribution in [1.82, 2.24) is 14.8 Å². The smallest absolute Gasteiger partial charge is 0.270 e. The van der Waals surface area contributed by atoms with Gasteiger partial charge in [0.1, 0.15) is 5.82 Å². The second-order valence-corrected chi connectivity index (χ2v) is 7.15. The van der Waals surface area contributed by atoms with Crippen molar-refractivity contribution in [3.8, 4) is 11.4 Å². The van der Waals surface area contributed by atoms with Crippen LogP contribution in [0.25, 0.3) is 17.5 Å². The average Bonchev–Trinajstić information content (AvgIpc) is 3.01. The van der Waals surface area contributed by atoms with Crippen molar-refractivity contribution in [2.45, 2.75) is 32.2 Å². The Labute approximate surface area is 173 Å². The number of hydrogen-bond donors (Lipinski definition) is 1. The number of aryl methyl sites for hydroxylation is 1. The van der Waals surface area contributed by atoms with E-state index in [4.69, 9.17) is 0 Å². The fraction of sp³-hybridized carbons (Fsp3) is 0.227. The molecule has 0 radical (unpaired) electrons. The van der Waals surface area contributed by atoms with Gasteiger partial charge in [0, 0.05) is 42.4 Å². The minimum atomic E-state index is -0.465. The standard InChI is InChI=1S/C22H21N5O3/c28-21(13-8-16-5-4-6-19(15-16)27(29)30)23-18-11-9-17(10-12-18)22-25-24-20-7-2-1-3-14-26(20)22/h4-6,8-13,15H,1-3,7,14H2,(H,23,28). The van der Waals surface area contributed by atoms with Gasteiger partial charge >= 0.3 is 0 Å². The maximum Gasteiger partial charge on any atom is 0.270 e. The molecule has 0 unspecified atom stereocenters. The molecule has 0 aliphatic carbocycles. The topological polar surface area (TPSA) is 103 Å². The Morgan fingerprint density at radius 1 is 1.10 bits per heavy atom. The molecule has 30 heavy (non-hydrogen) atoms. The molecule has 1 aliphatic rings. The van der Waals surface area contributed by atoms with E-state index in [1.54, 1.807) is 18.2 Å². The zero-order valence-corrected chi connectivity index (χ0v) is 16.3. The molecule has 0 spiro atoms. The molecule has 2 heterocycles. The third-order valence-corrected chi connectivity index (χ3v) is 5.03. The Balaban J connectivity index is 1.42. The molecule has 4 rings (SSSR count). The summed E-state index contributed by atoms with van der Waals surface area (Å²) in [7, 11) is 0. The number of carbonyl (C=O) groups excluding carboxylic acids is 1. The molecule has 0 saturated carbocycles. The Morgan fingerprint density at radius 3 is 2.73 bits per heavy atom. The van der Waals surface area contributed by atoms with Gasteiger partial charge in [0.2, 0.25) is 5.91 Å². The number of fused-ring (bicyclic) bond motifs is 1. The van der Waals surface area contributed by atoms with Crippen molar-refractivity contribution < 1.29 is 9.72 Å². The summed E-state index contributed by atoms with van der Waals surface area (Å²) in [6.07, 6.45) is 7.33. The minimum Gasteiger partial charge on any atom is -0.323 e. The van der Waals surface area contributed by atoms with Crippen molar-refractivity contribution >= 4 is 23.4 Å². The van der Waals surface area contributed by atoms with Gasteiger partial charge in [-0.25, -0.2) is 0 Å². The summed E-state index contributed by atoms with van der Waals surface area (Å²) in [5.74, 6) is 1.58. The van der Waals surface area contributed by atoms with Crippen LogP contribution in [-0.4, -0.2) is 25.6 Å². The van der Waals surface area contributed by atoms with Crippen LogP contribution in [0.2, 0.25) is 0 Å². The van der Waals surface area contributed by atoms with Gasteiger partial charge in [-0.15, -0.1) is 10.2 Å². The number of anilines is 1. The van der Waals surface area contributed by atoms with Crippen LogP contribution in [0, 0.1) is 10.1 Å². The number of nitro benzene ring substituents is 1. The molecule has 8 heteroatoms. The zero-order chi connectivity index (χ0) is 20.9. The normalized spacial score (nSPS) is 13.6. The van der Waals surface area contributed by atoms with E-state index in [-0.39, 0.29) is 11.6 Å². The van der Waals surface area contributed by atoms with Crippen LogP contribution in [0.1, 0.15) is 30.7 Å². The van der Waals surface area contributed by atoms with Crippen molar-refractivity contribution in [1.29, 1.82) is 0 Å². The average molecular weight is 403 g/mol. The van der Waals surface area contributed by atoms with Gasteiger partial charge in [-0.2, -0.15) is 0 Å². The highest BCUT2D eigenvalue weighted by atomic mass is 16.6. The molecule has 2 aromatic carbocycles. The highest BCUT2D eigenvalue weighted by Crippen LogP contribution is 2.24. The number of rotatable bonds is 5. The van der Waals surface area contributed by atoms with E-state index in [1.807, 2.05) is 24.3 Å². The molecule has 0 fully saturated rings. The first-order valence-electron chi connectivity index (χ1n) is 9.86. The third-order valence-electron chi connectivity index (χ3n) is 5.03. The summed E-state index contributed by atoms with van der Waals surface area (Å²) >= 11 is 0. The van der Waals surface area contributed by atoms with Crippen molar-refractivity contribution in [3.05, 3.63) is 76.1 Å². The van der Waals surface area contributed by atoms with Crippen LogP contribution in [-0.2, 0) is 17.8 Å². The lowest BCUT2D eigenvalue weighted by Crippen LogP contribution is -2.07. The predicted octanol–water partition coefficient (Wildman–Crippen LogP) is 4.23. The van der Waals surface area contributed by atoms with E-state index in [0.29, 0.717) is 11.3 Å². The highest BCUT2D eigenvalue weighted by Gasteiger charge is 2.15. The number of nitrogens with zero attached hydrogens (tertiary/aromatic N) is 4. The number of nitrogens with one attached hydrogen (secondary N) is 1. The van der Waals surface area contributed by atoms with Crippen LogP contribution in [0.3, 0.4) is 0 Å². The first-order chi connectivity index (χ1) is 14.6. The van der Waals surface area contributed by atoms with E-state index in [9.17, 15) is 14.9 Å². The molecule has 3 aromatic rings. The van der Waals surface area contributed by atoms with Gasteiger partial charge in [0.05, 0.1) is 4.92 Å². The van der Waals surface area contributed by atoms with Crippen LogP contribution >= 0.6 is 0 Å². The Morgan fingerprint density at radius 2 is 1.93 bits per heavy atom. The SMILES string of the molecule is O=C(C=Cc1cccc([N+](=O)[O-])c1)Nc1ccc(-c2nnc3n2CCCCC3)cc1. The Kier molecular flexibility index (Phi) is 5.65. The number of hydrogen-bond acceptors (Lipinski definition) is 5. The van der Waals surface area contributed by atoms with Crippen LogP contribution in [0.5, 0.6) is 0 Å². The van der Waals surface area contributed by atoms with Gasteiger partial charge in [-0.3, -0.25) is 14.9 Å². The van der Waals surface area contributed by atoms with E-state index >= 15 is 0 Å². The molecule has 1 aromatic heterocycles. The predicted molar refractivity (Wildman–Crippen MR) is 114 cm³/mol. The number of benzene rings is 2. The third kappa shape index (κ3) is 4.43. The fourth-order valence-corrected chi connectivity index (χ4v) is 3.50. The van der Waals surface area contributed by atoms with Gasteiger partial charge in [-0.05, 0) is 48.7 Å². The largest absolute Gasteiger partial charge is 0.323 e. The fourth-order valence-electron chi connectivity index (χ4n) is 3.50. The molecule has 152 valence electrons. The molecule has 8 nitrogen and oxygen atoms in total. The first-order valence-corrected chi connectivity index (χ1v) is 9.86. The second kappa shape index (κ2) is 8.69. The molecule has 0 bridgehead atoms. The number of non-ortho nitro benzene ring substituents is 1. The summed E-state index contributed by atoms with van der Waals surface area (Å²) in [6.45, 7) is 0.929. The molecule has 1 amide bonds. The van der Waals surface area contributed by atoms with E-state index in [2.05, 4.69) is 20.1 Å². The Bertz CT molecular complexity index is 1100. The van der Waals surface area contributed by atoms with Crippen molar-refractivity contribution in [2.24, 2.45) is 0 Å². The maximum absolute atomic E-state index is 12.2. The second-order valence-electron chi connectivity index (χ2n) is 7.15. The van der Waals surface area contributed by atoms with Crippen molar-refractivity contribution in [3.63, 3.8) is 0 Å². The summed E-state index contributed by atoms with van der Waals surface area (Å²) in [6, 6.07) is 13.6. The molecular weight excluding hydrogens is 382 g/mol. The summed E-state index contributed by atoms with van der Waals surface area (Å²) in [5, 5.41) is 22.3. The summed E-state index contributed by atoms with van der Waals surface area (Å²) < 4.78 is 2.18. The lowest BCUT2D eigenvalue weighted by Gasteiger charge is -2.08. The number of aromatic nitrogens is 3. The molecule has 0 saturated heterocycles. The van der Waals surface area contributed by atoms with Gasteiger partial charge in [0.15, 0.2) is 5.82 Å². The van der Waals surface area contributed by atoms with Crippen LogP contribution < -0.4 is 5.32 Å². The molecule has 0 atom stereocenters. The lowest BCUT2D eigenvalue weighted by molar-refractivity contribution is -0.384. The summed E-state index contributed by atoms with van der Waals surface area (Å²) in [5.41, 5.74) is 2.19. The van der Waals surface area contributed by atoms with Gasteiger partial charge < -0.3 is 9.88 Å². The Hall–Kier alpha value is -3.81. The minimum absolute atomic E-state index is 0.0143. The molecule has 1 N–H and O–H groups in total. The number of carbonyl (C=O) groups is 1. The quantitative estimate of drug-likeness (QED) is 0.390. The van der Waals surface area contributed by atoms with E-state index < -0.39 is 4.92 Å². The molecular formula is C22H21N5O3. The van der Waals surface area contributed by atoms with Gasteiger partial charge in [-0.1, -0.05) is 18.6 Å². The summed E-state index contributed by atoms with van der Waals surface area (Å²) in [4.78, 5) is 22.6. The van der Waals surface area contributed by atoms with E-state index in [1.165, 1.54) is 24.6 Å².